The molecule has 2 rings (SSSR count). The molecule has 1 aliphatic rings. The van der Waals surface area contributed by atoms with Crippen LogP contribution in [0, 0.1) is 0 Å². The summed E-state index contributed by atoms with van der Waals surface area (Å²) in [6.07, 6.45) is 5.89. The monoisotopic (exact) mass is 255 g/mol. The van der Waals surface area contributed by atoms with E-state index >= 15 is 0 Å². The van der Waals surface area contributed by atoms with E-state index in [1.165, 1.54) is 13.3 Å². The van der Waals surface area contributed by atoms with Gasteiger partial charge in [0.25, 0.3) is 0 Å². The lowest BCUT2D eigenvalue weighted by atomic mass is 10.0. The summed E-state index contributed by atoms with van der Waals surface area (Å²) in [7, 11) is 1.40. The van der Waals surface area contributed by atoms with Gasteiger partial charge in [0.15, 0.2) is 11.0 Å². The van der Waals surface area contributed by atoms with Gasteiger partial charge in [-0.2, -0.15) is 0 Å². The molecule has 0 amide bonds. The number of hydrogen-bond acceptors (Lipinski definition) is 5. The van der Waals surface area contributed by atoms with Crippen LogP contribution in [0.15, 0.2) is 12.4 Å². The highest BCUT2D eigenvalue weighted by molar-refractivity contribution is 6.31. The molecule has 1 atom stereocenters. The Morgan fingerprint density at radius 3 is 2.94 bits per heavy atom. The molecule has 0 bridgehead atoms. The minimum absolute atomic E-state index is 0.244. The minimum atomic E-state index is -0.303. The fraction of sp³-hybridized carbons (Fsp3) is 0.545. The first-order valence-corrected chi connectivity index (χ1v) is 5.93. The third-order valence-electron chi connectivity index (χ3n) is 2.88. The molecule has 0 saturated carbocycles. The van der Waals surface area contributed by atoms with Crippen molar-refractivity contribution in [3.8, 4) is 0 Å². The molecule has 2 heterocycles. The average molecular weight is 256 g/mol. The SMILES string of the molecule is COC(=O)[C@H]1CCCCN1c1nccnc1Cl. The molecule has 1 fully saturated rings. The lowest BCUT2D eigenvalue weighted by Gasteiger charge is -2.34. The van der Waals surface area contributed by atoms with Crippen molar-refractivity contribution in [3.05, 3.63) is 17.5 Å². The van der Waals surface area contributed by atoms with Gasteiger partial charge in [0.2, 0.25) is 0 Å². The van der Waals surface area contributed by atoms with Crippen LogP contribution in [0.1, 0.15) is 19.3 Å². The van der Waals surface area contributed by atoms with E-state index in [4.69, 9.17) is 16.3 Å². The van der Waals surface area contributed by atoms with Gasteiger partial charge in [-0.1, -0.05) is 11.6 Å². The number of nitrogens with zero attached hydrogens (tertiary/aromatic N) is 3. The Labute approximate surface area is 105 Å². The van der Waals surface area contributed by atoms with Crippen molar-refractivity contribution >= 4 is 23.4 Å². The number of carbonyl (C=O) groups excluding carboxylic acids is 1. The fourth-order valence-corrected chi connectivity index (χ4v) is 2.29. The van der Waals surface area contributed by atoms with Crippen LogP contribution in [-0.2, 0) is 9.53 Å². The quantitative estimate of drug-likeness (QED) is 0.753. The van der Waals surface area contributed by atoms with E-state index in [1.807, 2.05) is 4.90 Å². The zero-order valence-corrected chi connectivity index (χ0v) is 10.4. The molecule has 17 heavy (non-hydrogen) atoms. The lowest BCUT2D eigenvalue weighted by Crippen LogP contribution is -2.46. The Hall–Kier alpha value is -1.36. The second kappa shape index (κ2) is 5.31. The van der Waals surface area contributed by atoms with E-state index < -0.39 is 0 Å². The second-order valence-corrected chi connectivity index (χ2v) is 4.26. The molecule has 92 valence electrons. The predicted molar refractivity (Wildman–Crippen MR) is 64.0 cm³/mol. The second-order valence-electron chi connectivity index (χ2n) is 3.90. The summed E-state index contributed by atoms with van der Waals surface area (Å²) in [6, 6.07) is -0.303. The summed E-state index contributed by atoms with van der Waals surface area (Å²) in [5, 5.41) is 0.323. The minimum Gasteiger partial charge on any atom is -0.467 e. The van der Waals surface area contributed by atoms with Crippen LogP contribution in [0.2, 0.25) is 5.15 Å². The maximum atomic E-state index is 11.7. The normalized spacial score (nSPS) is 20.1. The van der Waals surface area contributed by atoms with E-state index in [0.29, 0.717) is 11.0 Å². The van der Waals surface area contributed by atoms with E-state index in [0.717, 1.165) is 25.8 Å². The molecular weight excluding hydrogens is 242 g/mol. The summed E-state index contributed by atoms with van der Waals surface area (Å²) in [5.41, 5.74) is 0. The molecule has 0 aliphatic carbocycles. The molecule has 6 heteroatoms. The van der Waals surface area contributed by atoms with Crippen molar-refractivity contribution in [1.29, 1.82) is 0 Å². The molecule has 1 aromatic heterocycles. The Kier molecular flexibility index (Phi) is 3.78. The van der Waals surface area contributed by atoms with E-state index in [1.54, 1.807) is 6.20 Å². The topological polar surface area (TPSA) is 55.3 Å². The van der Waals surface area contributed by atoms with Gasteiger partial charge in [-0.25, -0.2) is 14.8 Å². The summed E-state index contributed by atoms with van der Waals surface area (Å²) >= 11 is 6.00. The highest BCUT2D eigenvalue weighted by Gasteiger charge is 2.31. The van der Waals surface area contributed by atoms with Crippen LogP contribution in [0.4, 0.5) is 5.82 Å². The van der Waals surface area contributed by atoms with E-state index in [2.05, 4.69) is 9.97 Å². The number of carbonyl (C=O) groups is 1. The molecule has 5 nitrogen and oxygen atoms in total. The Morgan fingerprint density at radius 1 is 1.47 bits per heavy atom. The van der Waals surface area contributed by atoms with Gasteiger partial charge in [-0.15, -0.1) is 0 Å². The van der Waals surface area contributed by atoms with Crippen LogP contribution in [0.3, 0.4) is 0 Å². The van der Waals surface area contributed by atoms with Gasteiger partial charge in [-0.05, 0) is 19.3 Å². The van der Waals surface area contributed by atoms with Crippen molar-refractivity contribution in [2.45, 2.75) is 25.3 Å². The third kappa shape index (κ3) is 2.49. The first kappa shape index (κ1) is 12.1. The van der Waals surface area contributed by atoms with Gasteiger partial charge in [-0.3, -0.25) is 0 Å². The fourth-order valence-electron chi connectivity index (χ4n) is 2.07. The number of hydrogen-bond donors (Lipinski definition) is 0. The van der Waals surface area contributed by atoms with Crippen molar-refractivity contribution in [1.82, 2.24) is 9.97 Å². The number of esters is 1. The Morgan fingerprint density at radius 2 is 2.24 bits per heavy atom. The van der Waals surface area contributed by atoms with Crippen LogP contribution in [-0.4, -0.2) is 35.6 Å². The van der Waals surface area contributed by atoms with Crippen LogP contribution < -0.4 is 4.90 Å². The number of aromatic nitrogens is 2. The predicted octanol–water partition coefficient (Wildman–Crippen LogP) is 1.66. The summed E-state index contributed by atoms with van der Waals surface area (Å²) in [6.45, 7) is 0.748. The molecule has 1 aliphatic heterocycles. The van der Waals surface area contributed by atoms with Crippen molar-refractivity contribution in [2.75, 3.05) is 18.6 Å². The molecule has 0 aromatic carbocycles. The Bertz CT molecular complexity index is 413. The van der Waals surface area contributed by atoms with Crippen LogP contribution >= 0.6 is 11.6 Å². The lowest BCUT2D eigenvalue weighted by molar-refractivity contribution is -0.142. The molecule has 0 N–H and O–H groups in total. The van der Waals surface area contributed by atoms with Crippen LogP contribution in [0.5, 0.6) is 0 Å². The largest absolute Gasteiger partial charge is 0.467 e. The third-order valence-corrected chi connectivity index (χ3v) is 3.15. The summed E-state index contributed by atoms with van der Waals surface area (Å²) in [4.78, 5) is 21.8. The standard InChI is InChI=1S/C11H14ClN3O2/c1-17-11(16)8-4-2-3-7-15(8)10-9(12)13-5-6-14-10/h5-6,8H,2-4,7H2,1H3/t8-/m1/s1. The number of anilines is 1. The van der Waals surface area contributed by atoms with Gasteiger partial charge >= 0.3 is 5.97 Å². The number of rotatable bonds is 2. The zero-order chi connectivity index (χ0) is 12.3. The number of piperidine rings is 1. The summed E-state index contributed by atoms with van der Waals surface area (Å²) in [5.74, 6) is 0.315. The first-order chi connectivity index (χ1) is 8.24. The highest BCUT2D eigenvalue weighted by atomic mass is 35.5. The zero-order valence-electron chi connectivity index (χ0n) is 9.60. The number of ether oxygens (including phenoxy) is 1. The molecular formula is C11H14ClN3O2. The van der Waals surface area contributed by atoms with Gasteiger partial charge < -0.3 is 9.64 Å². The number of halogens is 1. The van der Waals surface area contributed by atoms with Crippen molar-refractivity contribution < 1.29 is 9.53 Å². The van der Waals surface area contributed by atoms with Crippen molar-refractivity contribution in [2.24, 2.45) is 0 Å². The average Bonchev–Trinajstić information content (AvgIpc) is 2.38. The maximum Gasteiger partial charge on any atom is 0.328 e. The highest BCUT2D eigenvalue weighted by Crippen LogP contribution is 2.27. The molecule has 0 spiro atoms. The van der Waals surface area contributed by atoms with Gasteiger partial charge in [0.05, 0.1) is 7.11 Å². The first-order valence-electron chi connectivity index (χ1n) is 5.55. The van der Waals surface area contributed by atoms with E-state index in [9.17, 15) is 4.79 Å². The maximum absolute atomic E-state index is 11.7. The molecule has 1 saturated heterocycles. The number of methoxy groups -OCH3 is 1. The van der Waals surface area contributed by atoms with Crippen molar-refractivity contribution in [3.63, 3.8) is 0 Å². The van der Waals surface area contributed by atoms with Crippen LogP contribution in [0.25, 0.3) is 0 Å². The smallest absolute Gasteiger partial charge is 0.328 e. The molecule has 1 aromatic rings. The Balaban J connectivity index is 2.28. The summed E-state index contributed by atoms with van der Waals surface area (Å²) < 4.78 is 4.81. The van der Waals surface area contributed by atoms with Gasteiger partial charge in [0, 0.05) is 18.9 Å². The van der Waals surface area contributed by atoms with Gasteiger partial charge in [0.1, 0.15) is 6.04 Å². The molecule has 0 unspecified atom stereocenters. The van der Waals surface area contributed by atoms with E-state index in [-0.39, 0.29) is 12.0 Å². The molecule has 0 radical (unpaired) electrons.